The molecule has 0 aliphatic carbocycles. The zero-order chi connectivity index (χ0) is 25.8. The van der Waals surface area contributed by atoms with Gasteiger partial charge in [-0.15, -0.1) is 21.5 Å². The number of thiazole rings is 1. The first-order chi connectivity index (χ1) is 17.3. The average molecular weight is 522 g/mol. The third kappa shape index (κ3) is 5.79. The highest BCUT2D eigenvalue weighted by Gasteiger charge is 2.20. The van der Waals surface area contributed by atoms with Crippen LogP contribution in [0.4, 0.5) is 5.13 Å². The Hall–Kier alpha value is -3.17. The zero-order valence-electron chi connectivity index (χ0n) is 21.5. The number of carbonyl (C=O) groups excluding carboxylic acids is 1. The number of ether oxygens (including phenoxy) is 1. The van der Waals surface area contributed by atoms with Crippen molar-refractivity contribution in [1.29, 1.82) is 0 Å². The van der Waals surface area contributed by atoms with Gasteiger partial charge < -0.3 is 14.6 Å². The maximum absolute atomic E-state index is 12.6. The smallest absolute Gasteiger partial charge is 0.236 e. The largest absolute Gasteiger partial charge is 0.482 e. The lowest BCUT2D eigenvalue weighted by Gasteiger charge is -2.17. The van der Waals surface area contributed by atoms with Crippen LogP contribution < -0.4 is 10.1 Å². The van der Waals surface area contributed by atoms with E-state index in [0.29, 0.717) is 16.8 Å². The molecule has 36 heavy (non-hydrogen) atoms. The molecular formula is C27H31N5O2S2. The van der Waals surface area contributed by atoms with Crippen molar-refractivity contribution in [3.05, 3.63) is 69.9 Å². The minimum atomic E-state index is -0.278. The number of amides is 1. The minimum absolute atomic E-state index is 0.132. The number of nitrogens with zero attached hydrogens (tertiary/aromatic N) is 4. The Labute approximate surface area is 220 Å². The van der Waals surface area contributed by atoms with Crippen molar-refractivity contribution in [3.8, 4) is 17.0 Å². The highest BCUT2D eigenvalue weighted by molar-refractivity contribution is 7.99. The Morgan fingerprint density at radius 1 is 1.11 bits per heavy atom. The maximum atomic E-state index is 12.6. The molecule has 1 unspecified atom stereocenters. The number of benzene rings is 2. The van der Waals surface area contributed by atoms with Crippen molar-refractivity contribution >= 4 is 34.1 Å². The van der Waals surface area contributed by atoms with Gasteiger partial charge in [0.25, 0.3) is 0 Å². The summed E-state index contributed by atoms with van der Waals surface area (Å²) in [7, 11) is 0. The molecule has 188 valence electrons. The Morgan fingerprint density at radius 3 is 2.67 bits per heavy atom. The van der Waals surface area contributed by atoms with Crippen LogP contribution in [0.1, 0.15) is 48.0 Å². The molecule has 0 saturated heterocycles. The van der Waals surface area contributed by atoms with Gasteiger partial charge in [0.2, 0.25) is 5.91 Å². The second-order valence-electron chi connectivity index (χ2n) is 8.72. The van der Waals surface area contributed by atoms with Gasteiger partial charge in [-0.05, 0) is 75.9 Å². The number of nitrogens with one attached hydrogen (secondary N) is 1. The number of aromatic nitrogens is 4. The first-order valence-corrected chi connectivity index (χ1v) is 13.7. The second-order valence-corrected chi connectivity index (χ2v) is 10.5. The highest BCUT2D eigenvalue weighted by Crippen LogP contribution is 2.29. The standard InChI is InChI=1S/C27H31N5O2S2/c1-7-32-25(20(6)34-23-10-8-9-17(3)19(23)5)30-31-27(32)36-15-24(33)29-26-28-22(14-35-26)21-12-11-16(2)18(4)13-21/h8-14,20H,7,15H2,1-6H3,(H,28,29,33). The summed E-state index contributed by atoms with van der Waals surface area (Å²) in [5.74, 6) is 1.65. The van der Waals surface area contributed by atoms with Crippen LogP contribution in [0.2, 0.25) is 0 Å². The molecule has 2 heterocycles. The van der Waals surface area contributed by atoms with Crippen LogP contribution in [-0.2, 0) is 11.3 Å². The molecule has 0 fully saturated rings. The van der Waals surface area contributed by atoms with E-state index in [2.05, 4.69) is 72.5 Å². The molecule has 1 amide bonds. The molecule has 1 atom stereocenters. The zero-order valence-corrected chi connectivity index (χ0v) is 23.1. The van der Waals surface area contributed by atoms with Crippen molar-refractivity contribution in [1.82, 2.24) is 19.7 Å². The number of thioether (sulfide) groups is 1. The normalized spacial score (nSPS) is 11.9. The van der Waals surface area contributed by atoms with E-state index in [0.717, 1.165) is 28.4 Å². The molecule has 9 heteroatoms. The van der Waals surface area contributed by atoms with Crippen LogP contribution in [0.5, 0.6) is 5.75 Å². The highest BCUT2D eigenvalue weighted by atomic mass is 32.2. The molecule has 4 aromatic rings. The van der Waals surface area contributed by atoms with Crippen LogP contribution in [0.25, 0.3) is 11.3 Å². The fourth-order valence-corrected chi connectivity index (χ4v) is 5.29. The van der Waals surface area contributed by atoms with Gasteiger partial charge in [-0.25, -0.2) is 4.98 Å². The monoisotopic (exact) mass is 521 g/mol. The van der Waals surface area contributed by atoms with Gasteiger partial charge in [-0.3, -0.25) is 4.79 Å². The third-order valence-corrected chi connectivity index (χ3v) is 7.89. The van der Waals surface area contributed by atoms with E-state index < -0.39 is 0 Å². The van der Waals surface area contributed by atoms with E-state index in [1.54, 1.807) is 0 Å². The van der Waals surface area contributed by atoms with Crippen molar-refractivity contribution < 1.29 is 9.53 Å². The van der Waals surface area contributed by atoms with Gasteiger partial charge >= 0.3 is 0 Å². The summed E-state index contributed by atoms with van der Waals surface area (Å²) in [4.78, 5) is 17.2. The quantitative estimate of drug-likeness (QED) is 0.252. The number of anilines is 1. The second kappa shape index (κ2) is 11.3. The molecule has 2 aromatic heterocycles. The SMILES string of the molecule is CCn1c(SCC(=O)Nc2nc(-c3ccc(C)c(C)c3)cs2)nnc1C(C)Oc1cccc(C)c1C. The fraction of sp³-hybridized carbons (Fsp3) is 0.333. The summed E-state index contributed by atoms with van der Waals surface area (Å²) in [5.41, 5.74) is 6.66. The first kappa shape index (κ1) is 25.9. The average Bonchev–Trinajstić information content (AvgIpc) is 3.49. The fourth-order valence-electron chi connectivity index (χ4n) is 3.75. The van der Waals surface area contributed by atoms with Gasteiger partial charge in [0.05, 0.1) is 11.4 Å². The van der Waals surface area contributed by atoms with Gasteiger partial charge in [0, 0.05) is 17.5 Å². The topological polar surface area (TPSA) is 81.9 Å². The molecule has 0 spiro atoms. The Balaban J connectivity index is 1.38. The molecule has 7 nitrogen and oxygen atoms in total. The number of carbonyl (C=O) groups is 1. The molecule has 0 radical (unpaired) electrons. The molecule has 1 N–H and O–H groups in total. The molecule has 0 aliphatic rings. The van der Waals surface area contributed by atoms with Gasteiger partial charge in [0.1, 0.15) is 5.75 Å². The molecule has 4 rings (SSSR count). The number of aryl methyl sites for hydroxylation is 3. The Kier molecular flexibility index (Phi) is 8.11. The van der Waals surface area contributed by atoms with E-state index >= 15 is 0 Å². The van der Waals surface area contributed by atoms with Crippen LogP contribution in [0.3, 0.4) is 0 Å². The van der Waals surface area contributed by atoms with Crippen LogP contribution in [0, 0.1) is 27.7 Å². The predicted octanol–water partition coefficient (Wildman–Crippen LogP) is 6.53. The molecule has 0 aliphatic heterocycles. The van der Waals surface area contributed by atoms with E-state index in [9.17, 15) is 4.79 Å². The number of hydrogen-bond donors (Lipinski definition) is 1. The molecule has 0 bridgehead atoms. The van der Waals surface area contributed by atoms with Gasteiger partial charge in [0.15, 0.2) is 22.2 Å². The van der Waals surface area contributed by atoms with Crippen molar-refractivity contribution in [2.75, 3.05) is 11.1 Å². The molecular weight excluding hydrogens is 490 g/mol. The summed E-state index contributed by atoms with van der Waals surface area (Å²) in [6.45, 7) is 13.0. The van der Waals surface area contributed by atoms with Crippen molar-refractivity contribution in [3.63, 3.8) is 0 Å². The predicted molar refractivity (Wildman–Crippen MR) is 147 cm³/mol. The van der Waals surface area contributed by atoms with Crippen molar-refractivity contribution in [2.24, 2.45) is 0 Å². The summed E-state index contributed by atoms with van der Waals surface area (Å²) < 4.78 is 8.20. The van der Waals surface area contributed by atoms with Crippen LogP contribution in [-0.4, -0.2) is 31.4 Å². The van der Waals surface area contributed by atoms with E-state index in [1.807, 2.05) is 35.9 Å². The summed E-state index contributed by atoms with van der Waals surface area (Å²) >= 11 is 2.78. The number of rotatable bonds is 9. The third-order valence-electron chi connectivity index (χ3n) is 6.17. The van der Waals surface area contributed by atoms with Crippen molar-refractivity contribution in [2.45, 2.75) is 59.3 Å². The van der Waals surface area contributed by atoms with E-state index in [1.165, 1.54) is 39.8 Å². The lowest BCUT2D eigenvalue weighted by molar-refractivity contribution is -0.113. The van der Waals surface area contributed by atoms with E-state index in [-0.39, 0.29) is 17.8 Å². The van der Waals surface area contributed by atoms with Crippen LogP contribution >= 0.6 is 23.1 Å². The summed E-state index contributed by atoms with van der Waals surface area (Å²) in [5, 5.41) is 14.8. The van der Waals surface area contributed by atoms with Crippen LogP contribution in [0.15, 0.2) is 46.9 Å². The van der Waals surface area contributed by atoms with E-state index in [4.69, 9.17) is 4.74 Å². The summed E-state index contributed by atoms with van der Waals surface area (Å²) in [6.07, 6.45) is -0.278. The number of hydrogen-bond acceptors (Lipinski definition) is 7. The Bertz CT molecular complexity index is 1380. The lowest BCUT2D eigenvalue weighted by atomic mass is 10.1. The molecule has 2 aromatic carbocycles. The lowest BCUT2D eigenvalue weighted by Crippen LogP contribution is -2.15. The first-order valence-electron chi connectivity index (χ1n) is 11.9. The maximum Gasteiger partial charge on any atom is 0.236 e. The Morgan fingerprint density at radius 2 is 1.92 bits per heavy atom. The van der Waals surface area contributed by atoms with Gasteiger partial charge in [-0.1, -0.05) is 36.0 Å². The minimum Gasteiger partial charge on any atom is -0.482 e. The summed E-state index contributed by atoms with van der Waals surface area (Å²) in [6, 6.07) is 12.3. The molecule has 0 saturated carbocycles. The van der Waals surface area contributed by atoms with Gasteiger partial charge in [-0.2, -0.15) is 0 Å².